The van der Waals surface area contributed by atoms with Crippen molar-refractivity contribution in [2.45, 2.75) is 45.1 Å². The van der Waals surface area contributed by atoms with Crippen LogP contribution in [0.2, 0.25) is 6.04 Å². The lowest BCUT2D eigenvalue weighted by Crippen LogP contribution is -2.12. The van der Waals surface area contributed by atoms with Crippen LogP contribution in [-0.2, 0) is 0 Å². The molecule has 0 aliphatic heterocycles. The summed E-state index contributed by atoms with van der Waals surface area (Å²) in [5.74, 6) is 0.893. The summed E-state index contributed by atoms with van der Waals surface area (Å²) in [6, 6.07) is 12.1. The van der Waals surface area contributed by atoms with E-state index in [-0.39, 0.29) is 0 Å². The first-order valence-corrected chi connectivity index (χ1v) is 8.02. The van der Waals surface area contributed by atoms with Gasteiger partial charge < -0.3 is 0 Å². The van der Waals surface area contributed by atoms with Crippen LogP contribution < -0.4 is 5.19 Å². The normalized spacial score (nSPS) is 18.3. The Morgan fingerprint density at radius 3 is 2.59 bits per heavy atom. The van der Waals surface area contributed by atoms with Crippen molar-refractivity contribution in [3.05, 3.63) is 42.0 Å². The summed E-state index contributed by atoms with van der Waals surface area (Å²) in [7, 11) is 0.935. The fraction of sp³-hybridized carbons (Fsp3) is 0.500. The molecule has 0 nitrogen and oxygen atoms in total. The van der Waals surface area contributed by atoms with Crippen LogP contribution in [0.5, 0.6) is 0 Å². The summed E-state index contributed by atoms with van der Waals surface area (Å²) < 4.78 is 0. The molecule has 1 saturated carbocycles. The molecule has 90 valence electrons. The largest absolute Gasteiger partial charge is 0.0881 e. The van der Waals surface area contributed by atoms with Crippen LogP contribution in [0.15, 0.2) is 42.0 Å². The topological polar surface area (TPSA) is 0 Å². The standard InChI is InChI=1S/C16H22Si/c1-14(15-8-4-2-5-9-15)12-13-17-16-10-6-3-7-11-16/h3,6-7,10-12,15H,2,4-5,8-9,13H2,1H3/b14-12-. The van der Waals surface area contributed by atoms with E-state index < -0.39 is 0 Å². The van der Waals surface area contributed by atoms with E-state index >= 15 is 0 Å². The lowest BCUT2D eigenvalue weighted by atomic mass is 9.84. The molecule has 1 aromatic rings. The van der Waals surface area contributed by atoms with Crippen LogP contribution in [0.25, 0.3) is 0 Å². The first kappa shape index (κ1) is 12.6. The minimum atomic E-state index is 0.893. The Morgan fingerprint density at radius 2 is 1.88 bits per heavy atom. The van der Waals surface area contributed by atoms with Gasteiger partial charge in [0.15, 0.2) is 0 Å². The van der Waals surface area contributed by atoms with Crippen LogP contribution in [0, 0.1) is 5.92 Å². The minimum Gasteiger partial charge on any atom is -0.0881 e. The Balaban J connectivity index is 1.79. The molecule has 1 aliphatic rings. The molecule has 1 fully saturated rings. The molecule has 17 heavy (non-hydrogen) atoms. The van der Waals surface area contributed by atoms with Gasteiger partial charge in [0.2, 0.25) is 0 Å². The maximum absolute atomic E-state index is 2.49. The average molecular weight is 242 g/mol. The van der Waals surface area contributed by atoms with E-state index in [1.165, 1.54) is 43.3 Å². The molecule has 0 aromatic heterocycles. The zero-order valence-electron chi connectivity index (χ0n) is 10.8. The maximum atomic E-state index is 2.49. The van der Waals surface area contributed by atoms with Gasteiger partial charge in [0, 0.05) is 0 Å². The van der Waals surface area contributed by atoms with Crippen LogP contribution in [0.1, 0.15) is 39.0 Å². The minimum absolute atomic E-state index is 0.893. The van der Waals surface area contributed by atoms with Gasteiger partial charge in [-0.2, -0.15) is 0 Å². The highest BCUT2D eigenvalue weighted by atomic mass is 28.2. The summed E-state index contributed by atoms with van der Waals surface area (Å²) in [5, 5.41) is 1.49. The van der Waals surface area contributed by atoms with Gasteiger partial charge >= 0.3 is 0 Å². The fourth-order valence-electron chi connectivity index (χ4n) is 2.61. The van der Waals surface area contributed by atoms with Gasteiger partial charge in [0.1, 0.15) is 0 Å². The Bertz CT molecular complexity index is 347. The highest BCUT2D eigenvalue weighted by molar-refractivity contribution is 6.53. The summed E-state index contributed by atoms with van der Waals surface area (Å²) >= 11 is 0. The summed E-state index contributed by atoms with van der Waals surface area (Å²) in [6.07, 6.45) is 9.68. The Kier molecular flexibility index (Phi) is 5.05. The van der Waals surface area contributed by atoms with Gasteiger partial charge in [-0.1, -0.05) is 66.4 Å². The molecule has 1 heteroatoms. The van der Waals surface area contributed by atoms with Crippen molar-refractivity contribution in [1.82, 2.24) is 0 Å². The van der Waals surface area contributed by atoms with E-state index in [4.69, 9.17) is 0 Å². The maximum Gasteiger partial charge on any atom is 0.0849 e. The number of allylic oxidation sites excluding steroid dienone is 2. The first-order valence-electron chi connectivity index (χ1n) is 6.82. The van der Waals surface area contributed by atoms with Gasteiger partial charge in [-0.25, -0.2) is 0 Å². The zero-order chi connectivity index (χ0) is 11.9. The molecule has 0 N–H and O–H groups in total. The Morgan fingerprint density at radius 1 is 1.18 bits per heavy atom. The smallest absolute Gasteiger partial charge is 0.0849 e. The number of hydrogen-bond donors (Lipinski definition) is 0. The Hall–Kier alpha value is -0.823. The SMILES string of the molecule is C/C(=C/C[Si]c1ccccc1)C1CCCCC1. The zero-order valence-corrected chi connectivity index (χ0v) is 11.8. The van der Waals surface area contributed by atoms with Crippen LogP contribution in [-0.4, -0.2) is 9.52 Å². The monoisotopic (exact) mass is 242 g/mol. The van der Waals surface area contributed by atoms with Crippen molar-refractivity contribution in [3.63, 3.8) is 0 Å². The van der Waals surface area contributed by atoms with Crippen molar-refractivity contribution in [3.8, 4) is 0 Å². The van der Waals surface area contributed by atoms with E-state index in [2.05, 4.69) is 43.3 Å². The third kappa shape index (κ3) is 4.16. The predicted octanol–water partition coefficient (Wildman–Crippen LogP) is 3.96. The van der Waals surface area contributed by atoms with Gasteiger partial charge in [0.05, 0.1) is 9.52 Å². The fourth-order valence-corrected chi connectivity index (χ4v) is 3.70. The third-order valence-corrected chi connectivity index (χ3v) is 4.90. The van der Waals surface area contributed by atoms with Gasteiger partial charge in [0.25, 0.3) is 0 Å². The summed E-state index contributed by atoms with van der Waals surface area (Å²) in [4.78, 5) is 0. The molecule has 1 aromatic carbocycles. The quantitative estimate of drug-likeness (QED) is 0.554. The molecule has 0 atom stereocenters. The van der Waals surface area contributed by atoms with Crippen molar-refractivity contribution in [1.29, 1.82) is 0 Å². The second-order valence-electron chi connectivity index (χ2n) is 5.03. The van der Waals surface area contributed by atoms with Crippen LogP contribution in [0.4, 0.5) is 0 Å². The second kappa shape index (κ2) is 6.80. The molecule has 0 amide bonds. The highest BCUT2D eigenvalue weighted by Gasteiger charge is 2.14. The molecule has 0 spiro atoms. The van der Waals surface area contributed by atoms with Crippen molar-refractivity contribution >= 4 is 14.7 Å². The van der Waals surface area contributed by atoms with E-state index in [0.717, 1.165) is 15.4 Å². The van der Waals surface area contributed by atoms with Crippen molar-refractivity contribution < 1.29 is 0 Å². The Labute approximate surface area is 108 Å². The van der Waals surface area contributed by atoms with Gasteiger partial charge in [-0.3, -0.25) is 0 Å². The van der Waals surface area contributed by atoms with Gasteiger partial charge in [-0.05, 0) is 31.7 Å². The van der Waals surface area contributed by atoms with Crippen molar-refractivity contribution in [2.75, 3.05) is 0 Å². The molecule has 0 unspecified atom stereocenters. The molecular formula is C16H22Si. The van der Waals surface area contributed by atoms with E-state index in [0.29, 0.717) is 0 Å². The van der Waals surface area contributed by atoms with E-state index in [9.17, 15) is 0 Å². The number of benzene rings is 1. The molecule has 2 rings (SSSR count). The lowest BCUT2D eigenvalue weighted by Gasteiger charge is -2.22. The van der Waals surface area contributed by atoms with Crippen LogP contribution >= 0.6 is 0 Å². The second-order valence-corrected chi connectivity index (χ2v) is 6.37. The highest BCUT2D eigenvalue weighted by Crippen LogP contribution is 2.29. The molecule has 2 radical (unpaired) electrons. The molecule has 0 bridgehead atoms. The van der Waals surface area contributed by atoms with E-state index in [1.54, 1.807) is 5.57 Å². The molecular weight excluding hydrogens is 220 g/mol. The predicted molar refractivity (Wildman–Crippen MR) is 77.0 cm³/mol. The third-order valence-electron chi connectivity index (χ3n) is 3.75. The molecule has 0 saturated heterocycles. The number of rotatable bonds is 4. The summed E-state index contributed by atoms with van der Waals surface area (Å²) in [5.41, 5.74) is 1.65. The average Bonchev–Trinajstić information content (AvgIpc) is 2.41. The lowest BCUT2D eigenvalue weighted by molar-refractivity contribution is 0.402. The van der Waals surface area contributed by atoms with Gasteiger partial charge in [-0.15, -0.1) is 0 Å². The number of hydrogen-bond acceptors (Lipinski definition) is 0. The first-order chi connectivity index (χ1) is 8.36. The molecule has 1 aliphatic carbocycles. The van der Waals surface area contributed by atoms with Crippen molar-refractivity contribution in [2.24, 2.45) is 5.92 Å². The summed E-state index contributed by atoms with van der Waals surface area (Å²) in [6.45, 7) is 2.34. The van der Waals surface area contributed by atoms with E-state index in [1.807, 2.05) is 0 Å². The molecule has 0 heterocycles. The van der Waals surface area contributed by atoms with Crippen LogP contribution in [0.3, 0.4) is 0 Å².